The third-order valence-electron chi connectivity index (χ3n) is 3.61. The molecule has 0 aliphatic rings. The standard InChI is InChI=1S/C17H15ClN6O2S/c18-13-4-6-14(7-5-13)24-17(20-21-22-24)27-12-16(25)23(9-2-8-19)11-15-3-1-10-26-15/h1,3-7,10H,2,9,11-12H2. The summed E-state index contributed by atoms with van der Waals surface area (Å²) in [7, 11) is 0. The summed E-state index contributed by atoms with van der Waals surface area (Å²) in [6.07, 6.45) is 1.80. The molecule has 0 bridgehead atoms. The minimum absolute atomic E-state index is 0.127. The maximum atomic E-state index is 12.6. The van der Waals surface area contributed by atoms with Gasteiger partial charge in [0, 0.05) is 11.6 Å². The van der Waals surface area contributed by atoms with Gasteiger partial charge in [-0.2, -0.15) is 9.94 Å². The summed E-state index contributed by atoms with van der Waals surface area (Å²) in [5.41, 5.74) is 0.747. The van der Waals surface area contributed by atoms with Gasteiger partial charge >= 0.3 is 0 Å². The van der Waals surface area contributed by atoms with Crippen molar-refractivity contribution in [3.63, 3.8) is 0 Å². The molecule has 10 heteroatoms. The number of rotatable bonds is 8. The molecule has 0 saturated heterocycles. The number of hydrogen-bond donors (Lipinski definition) is 0. The number of benzene rings is 1. The molecule has 0 N–H and O–H groups in total. The summed E-state index contributed by atoms with van der Waals surface area (Å²) in [5.74, 6) is 0.676. The van der Waals surface area contributed by atoms with Gasteiger partial charge in [-0.05, 0) is 46.8 Å². The minimum Gasteiger partial charge on any atom is -0.467 e. The number of carbonyl (C=O) groups excluding carboxylic acids is 1. The highest BCUT2D eigenvalue weighted by Crippen LogP contribution is 2.20. The van der Waals surface area contributed by atoms with E-state index in [0.717, 1.165) is 5.69 Å². The first-order chi connectivity index (χ1) is 13.2. The Kier molecular flexibility index (Phi) is 6.46. The van der Waals surface area contributed by atoms with Gasteiger partial charge in [-0.15, -0.1) is 5.10 Å². The summed E-state index contributed by atoms with van der Waals surface area (Å²) < 4.78 is 6.84. The lowest BCUT2D eigenvalue weighted by Gasteiger charge is -2.20. The van der Waals surface area contributed by atoms with Crippen molar-refractivity contribution in [1.29, 1.82) is 5.26 Å². The fourth-order valence-corrected chi connectivity index (χ4v) is 3.22. The van der Waals surface area contributed by atoms with Gasteiger partial charge < -0.3 is 9.32 Å². The number of furan rings is 1. The molecule has 1 aromatic carbocycles. The molecule has 2 aromatic heterocycles. The van der Waals surface area contributed by atoms with Gasteiger partial charge in [-0.3, -0.25) is 4.79 Å². The number of carbonyl (C=O) groups is 1. The Bertz CT molecular complexity index is 920. The van der Waals surface area contributed by atoms with E-state index < -0.39 is 0 Å². The molecule has 0 fully saturated rings. The smallest absolute Gasteiger partial charge is 0.233 e. The monoisotopic (exact) mass is 402 g/mol. The largest absolute Gasteiger partial charge is 0.467 e. The third kappa shape index (κ3) is 5.09. The van der Waals surface area contributed by atoms with Gasteiger partial charge in [0.05, 0.1) is 36.7 Å². The molecule has 3 aromatic rings. The normalized spacial score (nSPS) is 10.5. The first-order valence-corrected chi connectivity index (χ1v) is 9.38. The van der Waals surface area contributed by atoms with Crippen LogP contribution in [-0.2, 0) is 11.3 Å². The molecular weight excluding hydrogens is 388 g/mol. The van der Waals surface area contributed by atoms with Crippen LogP contribution in [0.15, 0.2) is 52.2 Å². The lowest BCUT2D eigenvalue weighted by molar-refractivity contribution is -0.129. The molecule has 0 aliphatic heterocycles. The molecule has 0 unspecified atom stereocenters. The fraction of sp³-hybridized carbons (Fsp3) is 0.235. The number of tetrazole rings is 1. The Morgan fingerprint density at radius 3 is 2.85 bits per heavy atom. The maximum Gasteiger partial charge on any atom is 0.233 e. The van der Waals surface area contributed by atoms with Crippen LogP contribution in [0.1, 0.15) is 12.2 Å². The SMILES string of the molecule is N#CCCN(Cc1ccco1)C(=O)CSc1nnnn1-c1ccc(Cl)cc1. The predicted octanol–water partition coefficient (Wildman–Crippen LogP) is 2.94. The second-order valence-electron chi connectivity index (χ2n) is 5.44. The van der Waals surface area contributed by atoms with E-state index in [1.165, 1.54) is 11.8 Å². The fourth-order valence-electron chi connectivity index (χ4n) is 2.30. The Morgan fingerprint density at radius 2 is 2.15 bits per heavy atom. The average Bonchev–Trinajstić information content (AvgIpc) is 3.35. The van der Waals surface area contributed by atoms with Gasteiger partial charge in [-0.25, -0.2) is 0 Å². The summed E-state index contributed by atoms with van der Waals surface area (Å²) >= 11 is 7.13. The van der Waals surface area contributed by atoms with Crippen LogP contribution < -0.4 is 0 Å². The average molecular weight is 403 g/mol. The highest BCUT2D eigenvalue weighted by molar-refractivity contribution is 7.99. The molecule has 138 valence electrons. The zero-order chi connectivity index (χ0) is 19.1. The molecule has 8 nitrogen and oxygen atoms in total. The van der Waals surface area contributed by atoms with Crippen molar-refractivity contribution >= 4 is 29.3 Å². The minimum atomic E-state index is -0.127. The lowest BCUT2D eigenvalue weighted by atomic mass is 10.3. The number of hydrogen-bond acceptors (Lipinski definition) is 7. The molecule has 3 rings (SSSR count). The van der Waals surface area contributed by atoms with E-state index in [-0.39, 0.29) is 18.1 Å². The Morgan fingerprint density at radius 1 is 1.33 bits per heavy atom. The number of nitrogens with zero attached hydrogens (tertiary/aromatic N) is 6. The van der Waals surface area contributed by atoms with Crippen molar-refractivity contribution in [2.75, 3.05) is 12.3 Å². The zero-order valence-corrected chi connectivity index (χ0v) is 15.7. The molecular formula is C17H15ClN6O2S. The Hall–Kier alpha value is -2.83. The van der Waals surface area contributed by atoms with E-state index in [0.29, 0.717) is 29.0 Å². The summed E-state index contributed by atoms with van der Waals surface area (Å²) in [6, 6.07) is 12.7. The van der Waals surface area contributed by atoms with Crippen LogP contribution in [0.4, 0.5) is 0 Å². The number of aromatic nitrogens is 4. The molecule has 27 heavy (non-hydrogen) atoms. The van der Waals surface area contributed by atoms with Crippen molar-refractivity contribution in [3.8, 4) is 11.8 Å². The topological polar surface area (TPSA) is 101 Å². The van der Waals surface area contributed by atoms with Gasteiger partial charge in [0.15, 0.2) is 0 Å². The van der Waals surface area contributed by atoms with Crippen molar-refractivity contribution in [2.45, 2.75) is 18.1 Å². The Labute approximate surface area is 164 Å². The highest BCUT2D eigenvalue weighted by atomic mass is 35.5. The van der Waals surface area contributed by atoms with Crippen LogP contribution in [0.5, 0.6) is 0 Å². The quantitative estimate of drug-likeness (QED) is 0.534. The van der Waals surface area contributed by atoms with Crippen LogP contribution >= 0.6 is 23.4 Å². The number of thioether (sulfide) groups is 1. The predicted molar refractivity (Wildman–Crippen MR) is 99.2 cm³/mol. The lowest BCUT2D eigenvalue weighted by Crippen LogP contribution is -2.32. The first kappa shape index (κ1) is 18.9. The second-order valence-corrected chi connectivity index (χ2v) is 6.82. The van der Waals surface area contributed by atoms with Crippen molar-refractivity contribution in [1.82, 2.24) is 25.1 Å². The molecule has 0 spiro atoms. The third-order valence-corrected chi connectivity index (χ3v) is 4.77. The van der Waals surface area contributed by atoms with Gasteiger partial charge in [-0.1, -0.05) is 23.4 Å². The highest BCUT2D eigenvalue weighted by Gasteiger charge is 2.18. The van der Waals surface area contributed by atoms with E-state index in [1.54, 1.807) is 52.2 Å². The van der Waals surface area contributed by atoms with E-state index >= 15 is 0 Å². The second kappa shape index (κ2) is 9.21. The first-order valence-electron chi connectivity index (χ1n) is 8.01. The number of halogens is 1. The van der Waals surface area contributed by atoms with Crippen molar-refractivity contribution < 1.29 is 9.21 Å². The Balaban J connectivity index is 1.66. The van der Waals surface area contributed by atoms with Gasteiger partial charge in [0.25, 0.3) is 0 Å². The molecule has 0 radical (unpaired) electrons. The maximum absolute atomic E-state index is 12.6. The van der Waals surface area contributed by atoms with Crippen molar-refractivity contribution in [2.24, 2.45) is 0 Å². The van der Waals surface area contributed by atoms with E-state index in [9.17, 15) is 4.79 Å². The number of amides is 1. The van der Waals surface area contributed by atoms with Crippen LogP contribution in [0.25, 0.3) is 5.69 Å². The molecule has 0 aliphatic carbocycles. The van der Waals surface area contributed by atoms with Crippen LogP contribution in [0.2, 0.25) is 5.02 Å². The van der Waals surface area contributed by atoms with Crippen LogP contribution in [0.3, 0.4) is 0 Å². The van der Waals surface area contributed by atoms with E-state index in [4.69, 9.17) is 21.3 Å². The zero-order valence-electron chi connectivity index (χ0n) is 14.2. The van der Waals surface area contributed by atoms with E-state index in [2.05, 4.69) is 21.6 Å². The molecule has 2 heterocycles. The number of nitriles is 1. The summed E-state index contributed by atoms with van der Waals surface area (Å²) in [4.78, 5) is 14.2. The van der Waals surface area contributed by atoms with Gasteiger partial charge in [0.1, 0.15) is 5.76 Å². The van der Waals surface area contributed by atoms with E-state index in [1.807, 2.05) is 0 Å². The van der Waals surface area contributed by atoms with Gasteiger partial charge in [0.2, 0.25) is 11.1 Å². The van der Waals surface area contributed by atoms with Crippen LogP contribution in [0, 0.1) is 11.3 Å². The summed E-state index contributed by atoms with van der Waals surface area (Å²) in [6.45, 7) is 0.648. The van der Waals surface area contributed by atoms with Crippen LogP contribution in [-0.4, -0.2) is 43.3 Å². The summed E-state index contributed by atoms with van der Waals surface area (Å²) in [5, 5.41) is 21.5. The molecule has 0 atom stereocenters. The van der Waals surface area contributed by atoms with Crippen molar-refractivity contribution in [3.05, 3.63) is 53.4 Å². The molecule has 1 amide bonds. The molecule has 0 saturated carbocycles.